The zero-order valence-electron chi connectivity index (χ0n) is 15.4. The Balaban J connectivity index is 1.41. The van der Waals surface area contributed by atoms with E-state index < -0.39 is 0 Å². The summed E-state index contributed by atoms with van der Waals surface area (Å²) in [6, 6.07) is 6.35. The lowest BCUT2D eigenvalue weighted by molar-refractivity contribution is 0.0545. The van der Waals surface area contributed by atoms with Gasteiger partial charge in [-0.1, -0.05) is 12.1 Å². The second kappa shape index (κ2) is 8.56. The topological polar surface area (TPSA) is 50.8 Å². The summed E-state index contributed by atoms with van der Waals surface area (Å²) in [4.78, 5) is 14.2. The molecule has 2 aliphatic rings. The molecule has 2 heterocycles. The number of carbonyl (C=O) groups excluding carboxylic acids is 1. The first-order chi connectivity index (χ1) is 12.1. The Bertz CT molecular complexity index is 576. The second-order valence-electron chi connectivity index (χ2n) is 7.34. The predicted molar refractivity (Wildman–Crippen MR) is 98.1 cm³/mol. The highest BCUT2D eigenvalue weighted by Crippen LogP contribution is 2.24. The van der Waals surface area contributed by atoms with Crippen LogP contribution in [0.25, 0.3) is 0 Å². The third-order valence-electron chi connectivity index (χ3n) is 5.16. The average Bonchev–Trinajstić information content (AvgIpc) is 2.64. The van der Waals surface area contributed by atoms with E-state index >= 15 is 0 Å². The highest BCUT2D eigenvalue weighted by Gasteiger charge is 2.25. The first-order valence-corrected chi connectivity index (χ1v) is 9.46. The molecule has 0 spiro atoms. The van der Waals surface area contributed by atoms with Crippen LogP contribution in [0.15, 0.2) is 18.2 Å². The van der Waals surface area contributed by atoms with Gasteiger partial charge in [0.1, 0.15) is 11.9 Å². The highest BCUT2D eigenvalue weighted by atomic mass is 16.5. The van der Waals surface area contributed by atoms with Crippen LogP contribution in [-0.2, 0) is 4.74 Å². The van der Waals surface area contributed by atoms with Crippen molar-refractivity contribution in [2.45, 2.75) is 45.6 Å². The van der Waals surface area contributed by atoms with Crippen molar-refractivity contribution < 1.29 is 14.3 Å². The molecule has 2 fully saturated rings. The van der Waals surface area contributed by atoms with E-state index in [1.54, 1.807) is 0 Å². The number of urea groups is 1. The number of amides is 2. The molecular formula is C20H30N2O3. The van der Waals surface area contributed by atoms with Crippen molar-refractivity contribution in [1.82, 2.24) is 10.2 Å². The normalized spacial score (nSPS) is 21.8. The summed E-state index contributed by atoms with van der Waals surface area (Å²) in [7, 11) is 0. The lowest BCUT2D eigenvalue weighted by atomic mass is 10.0. The maximum Gasteiger partial charge on any atom is 0.317 e. The van der Waals surface area contributed by atoms with Gasteiger partial charge in [-0.3, -0.25) is 0 Å². The lowest BCUT2D eigenvalue weighted by Gasteiger charge is -2.33. The van der Waals surface area contributed by atoms with E-state index in [1.165, 1.54) is 11.1 Å². The summed E-state index contributed by atoms with van der Waals surface area (Å²) in [6.07, 6.45) is 4.20. The molecule has 1 atom stereocenters. The molecule has 5 heteroatoms. The van der Waals surface area contributed by atoms with Crippen molar-refractivity contribution in [2.24, 2.45) is 5.92 Å². The first-order valence-electron chi connectivity index (χ1n) is 9.46. The lowest BCUT2D eigenvalue weighted by Crippen LogP contribution is -2.48. The van der Waals surface area contributed by atoms with E-state index in [9.17, 15) is 4.79 Å². The number of aryl methyl sites for hydroxylation is 2. The van der Waals surface area contributed by atoms with Crippen LogP contribution >= 0.6 is 0 Å². The minimum Gasteiger partial charge on any atom is -0.490 e. The van der Waals surface area contributed by atoms with Gasteiger partial charge in [-0.15, -0.1) is 0 Å². The summed E-state index contributed by atoms with van der Waals surface area (Å²) < 4.78 is 11.6. The van der Waals surface area contributed by atoms with E-state index in [-0.39, 0.29) is 12.1 Å². The maximum atomic E-state index is 12.3. The van der Waals surface area contributed by atoms with Crippen LogP contribution in [0, 0.1) is 19.8 Å². The Morgan fingerprint density at radius 2 is 2.08 bits per heavy atom. The molecule has 2 saturated heterocycles. The van der Waals surface area contributed by atoms with Crippen molar-refractivity contribution in [3.8, 4) is 5.75 Å². The minimum atomic E-state index is 0.0516. The third-order valence-corrected chi connectivity index (χ3v) is 5.16. The molecule has 2 amide bonds. The SMILES string of the molecule is Cc1ccc(C)c(OC2CCN(C(=O)NC[C@@H]3CCCOC3)CC2)c1. The molecule has 3 rings (SSSR count). The van der Waals surface area contributed by atoms with Gasteiger partial charge < -0.3 is 19.7 Å². The average molecular weight is 346 g/mol. The molecule has 2 aliphatic heterocycles. The van der Waals surface area contributed by atoms with Gasteiger partial charge in [-0.05, 0) is 49.8 Å². The van der Waals surface area contributed by atoms with Crippen LogP contribution in [-0.4, -0.2) is 49.9 Å². The predicted octanol–water partition coefficient (Wildman–Crippen LogP) is 3.28. The van der Waals surface area contributed by atoms with Gasteiger partial charge in [0.25, 0.3) is 0 Å². The fraction of sp³-hybridized carbons (Fsp3) is 0.650. The van der Waals surface area contributed by atoms with Gasteiger partial charge in [0.05, 0.1) is 6.61 Å². The Morgan fingerprint density at radius 3 is 2.80 bits per heavy atom. The molecule has 0 aromatic heterocycles. The van der Waals surface area contributed by atoms with Crippen LogP contribution in [0.2, 0.25) is 0 Å². The standard InChI is InChI=1S/C20H30N2O3/c1-15-5-6-16(2)19(12-15)25-18-7-9-22(10-8-18)20(23)21-13-17-4-3-11-24-14-17/h5-6,12,17-18H,3-4,7-11,13-14H2,1-2H3,(H,21,23)/t17-/m0/s1. The summed E-state index contributed by atoms with van der Waals surface area (Å²) in [5.74, 6) is 1.43. The molecule has 0 bridgehead atoms. The number of ether oxygens (including phenoxy) is 2. The van der Waals surface area contributed by atoms with E-state index in [1.807, 2.05) is 4.90 Å². The zero-order chi connectivity index (χ0) is 17.6. The number of piperidine rings is 1. The number of carbonyl (C=O) groups is 1. The largest absolute Gasteiger partial charge is 0.490 e. The fourth-order valence-electron chi connectivity index (χ4n) is 3.50. The molecule has 5 nitrogen and oxygen atoms in total. The summed E-state index contributed by atoms with van der Waals surface area (Å²) >= 11 is 0. The van der Waals surface area contributed by atoms with E-state index in [0.29, 0.717) is 5.92 Å². The smallest absolute Gasteiger partial charge is 0.317 e. The Hall–Kier alpha value is -1.75. The molecule has 0 saturated carbocycles. The van der Waals surface area contributed by atoms with Crippen LogP contribution in [0.1, 0.15) is 36.8 Å². The first kappa shape index (κ1) is 18.1. The summed E-state index contributed by atoms with van der Waals surface area (Å²) in [6.45, 7) is 8.01. The zero-order valence-corrected chi connectivity index (χ0v) is 15.4. The van der Waals surface area contributed by atoms with Gasteiger partial charge in [0.2, 0.25) is 0 Å². The number of nitrogens with zero attached hydrogens (tertiary/aromatic N) is 1. The Labute approximate surface area is 150 Å². The molecule has 1 aromatic carbocycles. The summed E-state index contributed by atoms with van der Waals surface area (Å²) in [5, 5.41) is 3.07. The number of likely N-dealkylation sites (tertiary alicyclic amines) is 1. The Kier molecular flexibility index (Phi) is 6.19. The van der Waals surface area contributed by atoms with Gasteiger partial charge in [-0.25, -0.2) is 4.79 Å². The molecule has 1 N–H and O–H groups in total. The number of rotatable bonds is 4. The fourth-order valence-corrected chi connectivity index (χ4v) is 3.50. The van der Waals surface area contributed by atoms with Crippen LogP contribution < -0.4 is 10.1 Å². The molecule has 0 unspecified atom stereocenters. The van der Waals surface area contributed by atoms with Gasteiger partial charge in [0, 0.05) is 39.1 Å². The quantitative estimate of drug-likeness (QED) is 0.910. The number of hydrogen-bond acceptors (Lipinski definition) is 3. The molecular weight excluding hydrogens is 316 g/mol. The highest BCUT2D eigenvalue weighted by molar-refractivity contribution is 5.74. The van der Waals surface area contributed by atoms with Crippen LogP contribution in [0.5, 0.6) is 5.75 Å². The Morgan fingerprint density at radius 1 is 1.28 bits per heavy atom. The van der Waals surface area contributed by atoms with E-state index in [2.05, 4.69) is 37.4 Å². The number of hydrogen-bond donors (Lipinski definition) is 1. The monoisotopic (exact) mass is 346 g/mol. The van der Waals surface area contributed by atoms with Gasteiger partial charge >= 0.3 is 6.03 Å². The van der Waals surface area contributed by atoms with E-state index in [4.69, 9.17) is 9.47 Å². The third kappa shape index (κ3) is 5.11. The van der Waals surface area contributed by atoms with Gasteiger partial charge in [0.15, 0.2) is 0 Å². The maximum absolute atomic E-state index is 12.3. The molecule has 1 aromatic rings. The molecule has 138 valence electrons. The summed E-state index contributed by atoms with van der Waals surface area (Å²) in [5.41, 5.74) is 2.38. The van der Waals surface area contributed by atoms with Crippen molar-refractivity contribution in [3.63, 3.8) is 0 Å². The number of benzene rings is 1. The van der Waals surface area contributed by atoms with Crippen molar-refractivity contribution in [3.05, 3.63) is 29.3 Å². The molecule has 0 aliphatic carbocycles. The molecule has 0 radical (unpaired) electrons. The molecule has 25 heavy (non-hydrogen) atoms. The van der Waals surface area contributed by atoms with Gasteiger partial charge in [-0.2, -0.15) is 0 Å². The van der Waals surface area contributed by atoms with Crippen LogP contribution in [0.3, 0.4) is 0 Å². The van der Waals surface area contributed by atoms with Crippen LogP contribution in [0.4, 0.5) is 4.79 Å². The van der Waals surface area contributed by atoms with Crippen molar-refractivity contribution in [1.29, 1.82) is 0 Å². The van der Waals surface area contributed by atoms with Crippen molar-refractivity contribution in [2.75, 3.05) is 32.8 Å². The number of nitrogens with one attached hydrogen (secondary N) is 1. The van der Waals surface area contributed by atoms with Crippen molar-refractivity contribution >= 4 is 6.03 Å². The second-order valence-corrected chi connectivity index (χ2v) is 7.34. The van der Waals surface area contributed by atoms with E-state index in [0.717, 1.165) is 64.3 Å². The minimum absolute atomic E-state index is 0.0516.